The summed E-state index contributed by atoms with van der Waals surface area (Å²) in [5, 5.41) is 1.94. The largest absolute Gasteiger partial charge is 0.489 e. The summed E-state index contributed by atoms with van der Waals surface area (Å²) in [6, 6.07) is 20.4. The molecule has 1 fully saturated rings. The van der Waals surface area contributed by atoms with Crippen LogP contribution in [-0.4, -0.2) is 41.9 Å². The monoisotopic (exact) mass is 488 g/mol. The highest BCUT2D eigenvalue weighted by Crippen LogP contribution is 2.23. The van der Waals surface area contributed by atoms with Gasteiger partial charge in [0.05, 0.1) is 0 Å². The predicted molar refractivity (Wildman–Crippen MR) is 130 cm³/mol. The van der Waals surface area contributed by atoms with E-state index in [-0.39, 0.29) is 5.91 Å². The van der Waals surface area contributed by atoms with Crippen LogP contribution in [0.4, 0.5) is 0 Å². The zero-order chi connectivity index (χ0) is 22.5. The molecule has 1 saturated heterocycles. The second kappa shape index (κ2) is 10.6. The highest BCUT2D eigenvalue weighted by Gasteiger charge is 2.22. The van der Waals surface area contributed by atoms with E-state index in [1.807, 2.05) is 53.4 Å². The minimum atomic E-state index is 0.0405. The Kier molecular flexibility index (Phi) is 7.59. The van der Waals surface area contributed by atoms with Crippen LogP contribution in [0.1, 0.15) is 21.5 Å². The van der Waals surface area contributed by atoms with Crippen LogP contribution < -0.4 is 4.74 Å². The molecule has 4 nitrogen and oxygen atoms in total. The van der Waals surface area contributed by atoms with Crippen molar-refractivity contribution in [3.05, 3.63) is 98.5 Å². The van der Waals surface area contributed by atoms with Crippen LogP contribution in [-0.2, 0) is 13.2 Å². The number of amides is 1. The lowest BCUT2D eigenvalue weighted by Crippen LogP contribution is -2.48. The number of benzene rings is 3. The van der Waals surface area contributed by atoms with Crippen molar-refractivity contribution >= 4 is 40.7 Å². The van der Waals surface area contributed by atoms with Crippen molar-refractivity contribution in [2.75, 3.05) is 26.2 Å². The molecule has 0 aromatic heterocycles. The summed E-state index contributed by atoms with van der Waals surface area (Å²) in [5.41, 5.74) is 2.65. The van der Waals surface area contributed by atoms with Gasteiger partial charge in [-0.3, -0.25) is 9.69 Å². The Morgan fingerprint density at radius 3 is 2.34 bits per heavy atom. The van der Waals surface area contributed by atoms with Gasteiger partial charge in [0.1, 0.15) is 12.4 Å². The molecular weight excluding hydrogens is 467 g/mol. The maximum atomic E-state index is 13.0. The number of hydrogen-bond acceptors (Lipinski definition) is 3. The first-order chi connectivity index (χ1) is 15.5. The minimum absolute atomic E-state index is 0.0405. The number of halogens is 3. The number of nitrogens with zero attached hydrogens (tertiary/aromatic N) is 2. The van der Waals surface area contributed by atoms with Gasteiger partial charge in [-0.15, -0.1) is 0 Å². The molecule has 3 aromatic carbocycles. The van der Waals surface area contributed by atoms with Crippen molar-refractivity contribution in [1.29, 1.82) is 0 Å². The maximum absolute atomic E-state index is 13.0. The third-order valence-corrected chi connectivity index (χ3v) is 6.27. The SMILES string of the molecule is O=C(c1cccc(COc2cccc(Cl)c2)c1)N1CCN(Cc2ccc(Cl)cc2Cl)CC1. The van der Waals surface area contributed by atoms with Gasteiger partial charge in [-0.1, -0.05) is 59.1 Å². The maximum Gasteiger partial charge on any atom is 0.253 e. The fourth-order valence-electron chi connectivity index (χ4n) is 3.70. The van der Waals surface area contributed by atoms with E-state index >= 15 is 0 Å². The Labute approximate surface area is 203 Å². The highest BCUT2D eigenvalue weighted by molar-refractivity contribution is 6.35. The Morgan fingerprint density at radius 2 is 1.59 bits per heavy atom. The van der Waals surface area contributed by atoms with Crippen LogP contribution >= 0.6 is 34.8 Å². The van der Waals surface area contributed by atoms with Crippen molar-refractivity contribution in [3.63, 3.8) is 0 Å². The Hall–Kier alpha value is -2.24. The smallest absolute Gasteiger partial charge is 0.253 e. The molecule has 0 N–H and O–H groups in total. The summed E-state index contributed by atoms with van der Waals surface area (Å²) in [6.07, 6.45) is 0. The lowest BCUT2D eigenvalue weighted by molar-refractivity contribution is 0.0628. The summed E-state index contributed by atoms with van der Waals surface area (Å²) in [6.45, 7) is 4.05. The van der Waals surface area contributed by atoms with Crippen LogP contribution in [0.5, 0.6) is 5.75 Å². The molecule has 1 aliphatic rings. The van der Waals surface area contributed by atoms with Crippen molar-refractivity contribution in [1.82, 2.24) is 9.80 Å². The average Bonchev–Trinajstić information content (AvgIpc) is 2.80. The molecule has 0 spiro atoms. The van der Waals surface area contributed by atoms with E-state index in [1.54, 1.807) is 18.2 Å². The quantitative estimate of drug-likeness (QED) is 0.414. The van der Waals surface area contributed by atoms with E-state index in [2.05, 4.69) is 4.90 Å². The molecule has 1 amide bonds. The van der Waals surface area contributed by atoms with Gasteiger partial charge in [0.15, 0.2) is 0 Å². The first-order valence-electron chi connectivity index (χ1n) is 10.4. The van der Waals surface area contributed by atoms with Crippen molar-refractivity contribution < 1.29 is 9.53 Å². The molecule has 0 saturated carbocycles. The average molecular weight is 490 g/mol. The summed E-state index contributed by atoms with van der Waals surface area (Å²) in [4.78, 5) is 17.2. The lowest BCUT2D eigenvalue weighted by atomic mass is 10.1. The normalized spacial score (nSPS) is 14.4. The minimum Gasteiger partial charge on any atom is -0.489 e. The number of rotatable bonds is 6. The van der Waals surface area contributed by atoms with E-state index < -0.39 is 0 Å². The van der Waals surface area contributed by atoms with Crippen LogP contribution in [0.25, 0.3) is 0 Å². The van der Waals surface area contributed by atoms with Gasteiger partial charge >= 0.3 is 0 Å². The molecule has 7 heteroatoms. The zero-order valence-corrected chi connectivity index (χ0v) is 19.7. The van der Waals surface area contributed by atoms with Gasteiger partial charge in [-0.25, -0.2) is 0 Å². The molecular formula is C25H23Cl3N2O2. The van der Waals surface area contributed by atoms with Crippen LogP contribution in [0.3, 0.4) is 0 Å². The van der Waals surface area contributed by atoms with Crippen molar-refractivity contribution in [2.24, 2.45) is 0 Å². The Bertz CT molecular complexity index is 1100. The first kappa shape index (κ1) is 22.9. The van der Waals surface area contributed by atoms with Gasteiger partial charge in [-0.2, -0.15) is 0 Å². The number of carbonyl (C=O) groups is 1. The second-order valence-electron chi connectivity index (χ2n) is 7.75. The zero-order valence-electron chi connectivity index (χ0n) is 17.4. The highest BCUT2D eigenvalue weighted by atomic mass is 35.5. The molecule has 3 aromatic rings. The summed E-state index contributed by atoms with van der Waals surface area (Å²) >= 11 is 18.3. The van der Waals surface area contributed by atoms with Gasteiger partial charge in [-0.05, 0) is 53.6 Å². The molecule has 166 valence electrons. The van der Waals surface area contributed by atoms with E-state index in [9.17, 15) is 4.79 Å². The Morgan fingerprint density at radius 1 is 0.844 bits per heavy atom. The summed E-state index contributed by atoms with van der Waals surface area (Å²) in [5.74, 6) is 0.741. The third kappa shape index (κ3) is 5.96. The standard InChI is InChI=1S/C25H23Cl3N2O2/c26-21-5-2-6-23(14-21)32-17-18-3-1-4-19(13-18)25(31)30-11-9-29(10-12-30)16-20-7-8-22(27)15-24(20)28/h1-8,13-15H,9-12,16-17H2. The molecule has 0 aliphatic carbocycles. The first-order valence-corrected chi connectivity index (χ1v) is 11.5. The molecule has 0 bridgehead atoms. The number of piperazine rings is 1. The van der Waals surface area contributed by atoms with Gasteiger partial charge < -0.3 is 9.64 Å². The van der Waals surface area contributed by atoms with Crippen LogP contribution in [0.2, 0.25) is 15.1 Å². The second-order valence-corrected chi connectivity index (χ2v) is 9.03. The van der Waals surface area contributed by atoms with Gasteiger partial charge in [0.2, 0.25) is 0 Å². The van der Waals surface area contributed by atoms with E-state index in [0.29, 0.717) is 46.1 Å². The predicted octanol–water partition coefficient (Wildman–Crippen LogP) is 6.18. The van der Waals surface area contributed by atoms with Crippen LogP contribution in [0, 0.1) is 0 Å². The summed E-state index contributed by atoms with van der Waals surface area (Å²) < 4.78 is 5.81. The number of hydrogen-bond donors (Lipinski definition) is 0. The Balaban J connectivity index is 1.32. The molecule has 1 heterocycles. The van der Waals surface area contributed by atoms with E-state index in [1.165, 1.54) is 0 Å². The molecule has 0 unspecified atom stereocenters. The number of ether oxygens (including phenoxy) is 1. The molecule has 0 atom stereocenters. The molecule has 32 heavy (non-hydrogen) atoms. The van der Waals surface area contributed by atoms with Crippen molar-refractivity contribution in [3.8, 4) is 5.75 Å². The van der Waals surface area contributed by atoms with Gasteiger partial charge in [0.25, 0.3) is 5.91 Å². The number of carbonyl (C=O) groups excluding carboxylic acids is 1. The van der Waals surface area contributed by atoms with E-state index in [4.69, 9.17) is 39.5 Å². The van der Waals surface area contributed by atoms with E-state index in [0.717, 1.165) is 30.8 Å². The third-order valence-electron chi connectivity index (χ3n) is 5.44. The van der Waals surface area contributed by atoms with Gasteiger partial charge in [0, 0.05) is 53.4 Å². The molecule has 1 aliphatic heterocycles. The lowest BCUT2D eigenvalue weighted by Gasteiger charge is -2.35. The topological polar surface area (TPSA) is 32.8 Å². The fourth-order valence-corrected chi connectivity index (χ4v) is 4.35. The molecule has 4 rings (SSSR count). The van der Waals surface area contributed by atoms with Crippen LogP contribution in [0.15, 0.2) is 66.7 Å². The summed E-state index contributed by atoms with van der Waals surface area (Å²) in [7, 11) is 0. The van der Waals surface area contributed by atoms with Crippen molar-refractivity contribution in [2.45, 2.75) is 13.2 Å². The molecule has 0 radical (unpaired) electrons. The fraction of sp³-hybridized carbons (Fsp3) is 0.240.